The second-order valence-electron chi connectivity index (χ2n) is 10.6. The summed E-state index contributed by atoms with van der Waals surface area (Å²) in [5, 5.41) is 37.4. The maximum absolute atomic E-state index is 13.7. The van der Waals surface area contributed by atoms with Crippen LogP contribution in [0.15, 0.2) is 61.8 Å². The highest BCUT2D eigenvalue weighted by molar-refractivity contribution is 5.79. The van der Waals surface area contributed by atoms with Gasteiger partial charge in [-0.3, -0.25) is 0 Å². The van der Waals surface area contributed by atoms with Crippen molar-refractivity contribution in [3.05, 3.63) is 82.6 Å². The minimum Gasteiger partial charge on any atom is -0.449 e. The third-order valence-electron chi connectivity index (χ3n) is 7.07. The number of aromatic nitrogens is 2. The Bertz CT molecular complexity index is 2130. The summed E-state index contributed by atoms with van der Waals surface area (Å²) < 4.78 is 181. The summed E-state index contributed by atoms with van der Waals surface area (Å²) in [4.78, 5) is 7.56. The summed E-state index contributed by atoms with van der Waals surface area (Å²) in [6.07, 6.45) is -21.3. The summed E-state index contributed by atoms with van der Waals surface area (Å²) >= 11 is 0. The maximum atomic E-state index is 13.7. The van der Waals surface area contributed by atoms with Crippen LogP contribution >= 0.6 is 0 Å². The van der Waals surface area contributed by atoms with Crippen molar-refractivity contribution in [1.82, 2.24) is 9.97 Å². The molecular weight excluding hydrogens is 744 g/mol. The fourth-order valence-electron chi connectivity index (χ4n) is 4.69. The predicted molar refractivity (Wildman–Crippen MR) is 149 cm³/mol. The van der Waals surface area contributed by atoms with Crippen molar-refractivity contribution in [3.63, 3.8) is 0 Å². The highest BCUT2D eigenvalue weighted by Gasteiger charge is 2.40. The Labute approximate surface area is 286 Å². The van der Waals surface area contributed by atoms with Gasteiger partial charge in [0.2, 0.25) is 23.6 Å². The highest BCUT2D eigenvalue weighted by Crippen LogP contribution is 2.45. The Morgan fingerprint density at radius 2 is 0.736 bits per heavy atom. The zero-order chi connectivity index (χ0) is 39.3. The van der Waals surface area contributed by atoms with E-state index in [1.807, 2.05) is 0 Å². The third kappa shape index (κ3) is 7.50. The van der Waals surface area contributed by atoms with Crippen LogP contribution in [0, 0.1) is 45.3 Å². The largest absolute Gasteiger partial charge is 0.449 e. The van der Waals surface area contributed by atoms with Gasteiger partial charge in [-0.2, -0.15) is 73.7 Å². The van der Waals surface area contributed by atoms with Crippen LogP contribution in [0.25, 0.3) is 45.6 Å². The first-order valence-electron chi connectivity index (χ1n) is 13.9. The number of rotatable bonds is 6. The van der Waals surface area contributed by atoms with Gasteiger partial charge in [-0.25, -0.2) is 9.97 Å². The van der Waals surface area contributed by atoms with Crippen LogP contribution in [0.1, 0.15) is 45.9 Å². The molecule has 3 heterocycles. The molecule has 0 atom stereocenters. The molecular formula is C32H10F12N6O3. The van der Waals surface area contributed by atoms with Gasteiger partial charge in [0.05, 0.1) is 46.5 Å². The van der Waals surface area contributed by atoms with Crippen LogP contribution in [0.3, 0.4) is 0 Å². The van der Waals surface area contributed by atoms with Gasteiger partial charge in [0.15, 0.2) is 23.0 Å². The second-order valence-corrected chi connectivity index (χ2v) is 10.6. The van der Waals surface area contributed by atoms with Gasteiger partial charge in [-0.15, -0.1) is 0 Å². The van der Waals surface area contributed by atoms with Crippen molar-refractivity contribution in [2.45, 2.75) is 36.5 Å². The summed E-state index contributed by atoms with van der Waals surface area (Å²) in [7, 11) is 0. The van der Waals surface area contributed by atoms with Crippen LogP contribution in [0.4, 0.5) is 52.7 Å². The first-order chi connectivity index (χ1) is 24.6. The van der Waals surface area contributed by atoms with Crippen LogP contribution in [-0.2, 0) is 24.7 Å². The average Bonchev–Trinajstić information content (AvgIpc) is 3.83. The number of hydrogen-bond donors (Lipinski definition) is 0. The normalized spacial score (nSPS) is 12.4. The van der Waals surface area contributed by atoms with E-state index in [1.54, 1.807) is 0 Å². The van der Waals surface area contributed by atoms with Gasteiger partial charge in [-0.05, 0) is 48.5 Å². The molecule has 3 aromatic heterocycles. The molecule has 53 heavy (non-hydrogen) atoms. The average molecular weight is 754 g/mol. The molecule has 270 valence electrons. The topological polar surface area (TPSA) is 160 Å². The van der Waals surface area contributed by atoms with Crippen LogP contribution < -0.4 is 0 Å². The Balaban J connectivity index is 1.77. The van der Waals surface area contributed by atoms with Gasteiger partial charge < -0.3 is 13.3 Å². The maximum Gasteiger partial charge on any atom is 0.416 e. The standard InChI is InChI=1S/C32H10F12N6O3/c33-29(34,35)17-3-13(4-18(7-17)30(36,37)38)23-25(52-27(49-23)15(9-45)10-46)21-1-2-22(51-21)26-24(50-28(53-26)16(11-47)12-48)14-5-19(31(39,40)41)8-20(6-14)32(42,43)44/h1-8,15-16H. The molecule has 0 saturated carbocycles. The predicted octanol–water partition coefficient (Wildman–Crippen LogP) is 10.3. The van der Waals surface area contributed by atoms with Gasteiger partial charge >= 0.3 is 24.7 Å². The number of halogens is 12. The zero-order valence-electron chi connectivity index (χ0n) is 25.2. The molecule has 0 saturated heterocycles. The number of nitriles is 4. The molecule has 5 aromatic rings. The third-order valence-corrected chi connectivity index (χ3v) is 7.07. The van der Waals surface area contributed by atoms with E-state index in [0.29, 0.717) is 0 Å². The van der Waals surface area contributed by atoms with E-state index in [2.05, 4.69) is 9.97 Å². The van der Waals surface area contributed by atoms with Crippen molar-refractivity contribution in [2.75, 3.05) is 0 Å². The summed E-state index contributed by atoms with van der Waals surface area (Å²) in [6, 6.07) is 8.19. The summed E-state index contributed by atoms with van der Waals surface area (Å²) in [6.45, 7) is 0. The van der Waals surface area contributed by atoms with Gasteiger partial charge in [0.25, 0.3) is 0 Å². The number of oxazole rings is 2. The molecule has 0 unspecified atom stereocenters. The minimum atomic E-state index is -5.33. The second kappa shape index (κ2) is 13.1. The van der Waals surface area contributed by atoms with Gasteiger partial charge in [-0.1, -0.05) is 0 Å². The molecule has 0 aliphatic rings. The number of nitrogens with zero attached hydrogens (tertiary/aromatic N) is 6. The molecule has 0 aliphatic carbocycles. The molecule has 0 aliphatic heterocycles. The van der Waals surface area contributed by atoms with Gasteiger partial charge in [0.1, 0.15) is 11.4 Å². The van der Waals surface area contributed by atoms with Crippen molar-refractivity contribution in [1.29, 1.82) is 21.0 Å². The van der Waals surface area contributed by atoms with Crippen LogP contribution in [0.5, 0.6) is 0 Å². The van der Waals surface area contributed by atoms with Crippen molar-refractivity contribution in [3.8, 4) is 69.8 Å². The Morgan fingerprint density at radius 3 is 0.981 bits per heavy atom. The summed E-state index contributed by atoms with van der Waals surface area (Å²) in [5.41, 5.74) is -10.6. The van der Waals surface area contributed by atoms with Crippen molar-refractivity contribution in [2.24, 2.45) is 0 Å². The molecule has 9 nitrogen and oxygen atoms in total. The lowest BCUT2D eigenvalue weighted by Crippen LogP contribution is -2.11. The smallest absolute Gasteiger partial charge is 0.416 e. The number of furan rings is 1. The van der Waals surface area contributed by atoms with E-state index in [9.17, 15) is 73.7 Å². The quantitative estimate of drug-likeness (QED) is 0.154. The molecule has 0 spiro atoms. The van der Waals surface area contributed by atoms with E-state index < -0.39 is 116 Å². The summed E-state index contributed by atoms with van der Waals surface area (Å²) in [5.74, 6) is -8.24. The molecule has 5 rings (SSSR count). The highest BCUT2D eigenvalue weighted by atomic mass is 19.4. The first-order valence-corrected chi connectivity index (χ1v) is 13.9. The Kier molecular flexibility index (Phi) is 9.27. The van der Waals surface area contributed by atoms with Gasteiger partial charge in [0, 0.05) is 11.1 Å². The van der Waals surface area contributed by atoms with Crippen molar-refractivity contribution >= 4 is 0 Å². The molecule has 2 aromatic carbocycles. The van der Waals surface area contributed by atoms with E-state index in [-0.39, 0.29) is 36.4 Å². The Hall–Kier alpha value is -6.74. The van der Waals surface area contributed by atoms with Crippen molar-refractivity contribution < 1.29 is 65.9 Å². The van der Waals surface area contributed by atoms with E-state index in [0.717, 1.165) is 12.1 Å². The number of benzene rings is 2. The lowest BCUT2D eigenvalue weighted by molar-refractivity contribution is -0.144. The lowest BCUT2D eigenvalue weighted by Gasteiger charge is -2.13. The first kappa shape index (κ1) is 37.5. The van der Waals surface area contributed by atoms with E-state index in [4.69, 9.17) is 13.3 Å². The fourth-order valence-corrected chi connectivity index (χ4v) is 4.69. The van der Waals surface area contributed by atoms with E-state index >= 15 is 0 Å². The Morgan fingerprint density at radius 1 is 0.453 bits per heavy atom. The number of alkyl halides is 12. The van der Waals surface area contributed by atoms with Crippen LogP contribution in [-0.4, -0.2) is 9.97 Å². The molecule has 0 N–H and O–H groups in total. The minimum absolute atomic E-state index is 0.195. The molecule has 0 bridgehead atoms. The zero-order valence-corrected chi connectivity index (χ0v) is 25.2. The number of hydrogen-bond acceptors (Lipinski definition) is 9. The SMILES string of the molecule is N#CC(C#N)c1nc(-c2cc(C(F)(F)F)cc(C(F)(F)F)c2)c(-c2ccc(-c3oc(C(C#N)C#N)nc3-c3cc(C(F)(F)F)cc(C(F)(F)F)c3)o2)o1. The fraction of sp³-hybridized carbons (Fsp3) is 0.188. The molecule has 0 radical (unpaired) electrons. The lowest BCUT2D eigenvalue weighted by atomic mass is 10.0. The monoisotopic (exact) mass is 754 g/mol. The molecule has 0 fully saturated rings. The van der Waals surface area contributed by atoms with E-state index in [1.165, 1.54) is 24.3 Å². The molecule has 21 heteroatoms. The van der Waals surface area contributed by atoms with Crippen LogP contribution in [0.2, 0.25) is 0 Å². The molecule has 0 amide bonds.